The van der Waals surface area contributed by atoms with Crippen molar-refractivity contribution in [3.63, 3.8) is 0 Å². The van der Waals surface area contributed by atoms with Crippen molar-refractivity contribution in [2.45, 2.75) is 20.1 Å². The van der Waals surface area contributed by atoms with Gasteiger partial charge in [-0.3, -0.25) is 4.79 Å². The van der Waals surface area contributed by atoms with Crippen LogP contribution in [0.3, 0.4) is 0 Å². The molecule has 0 aliphatic rings. The van der Waals surface area contributed by atoms with Crippen LogP contribution in [0.4, 0.5) is 4.39 Å². The van der Waals surface area contributed by atoms with Gasteiger partial charge in [0.1, 0.15) is 18.2 Å². The van der Waals surface area contributed by atoms with Gasteiger partial charge in [-0.1, -0.05) is 0 Å². The van der Waals surface area contributed by atoms with E-state index in [9.17, 15) is 9.18 Å². The molecule has 0 bridgehead atoms. The standard InChI is InChI=1S/C15H14FN3O2S/c1-9(20)17-5-10-2-13-14(16)3-12(4-15(13)19-10)21-6-11-7-22-8-18-11/h2-4,7-8,19H,5-6H2,1H3,(H,17,20). The number of amides is 1. The van der Waals surface area contributed by atoms with Crippen LogP contribution in [0, 0.1) is 5.82 Å². The molecule has 2 heterocycles. The number of halogens is 1. The Balaban J connectivity index is 1.79. The van der Waals surface area contributed by atoms with Gasteiger partial charge in [0, 0.05) is 35.5 Å². The average Bonchev–Trinajstić information content (AvgIpc) is 3.12. The zero-order chi connectivity index (χ0) is 15.5. The zero-order valence-corrected chi connectivity index (χ0v) is 12.7. The molecule has 1 aromatic carbocycles. The smallest absolute Gasteiger partial charge is 0.217 e. The van der Waals surface area contributed by atoms with E-state index in [4.69, 9.17) is 4.74 Å². The number of carbonyl (C=O) groups is 1. The Kier molecular flexibility index (Phi) is 4.06. The minimum absolute atomic E-state index is 0.133. The predicted molar refractivity (Wildman–Crippen MR) is 82.2 cm³/mol. The predicted octanol–water partition coefficient (Wildman–Crippen LogP) is 2.98. The molecule has 1 amide bonds. The molecule has 114 valence electrons. The number of aromatic amines is 1. The second kappa shape index (κ2) is 6.15. The topological polar surface area (TPSA) is 67.0 Å². The summed E-state index contributed by atoms with van der Waals surface area (Å²) in [5.41, 5.74) is 3.90. The normalized spacial score (nSPS) is 10.8. The summed E-state index contributed by atoms with van der Waals surface area (Å²) in [6.45, 7) is 2.07. The number of hydrogen-bond donors (Lipinski definition) is 2. The van der Waals surface area contributed by atoms with E-state index in [1.54, 1.807) is 17.6 Å². The lowest BCUT2D eigenvalue weighted by Gasteiger charge is -2.05. The number of nitrogens with zero attached hydrogens (tertiary/aromatic N) is 1. The van der Waals surface area contributed by atoms with E-state index in [1.807, 2.05) is 5.38 Å². The Hall–Kier alpha value is -2.41. The summed E-state index contributed by atoms with van der Waals surface area (Å²) in [5.74, 6) is -0.0616. The van der Waals surface area contributed by atoms with Crippen LogP contribution in [0.5, 0.6) is 5.75 Å². The van der Waals surface area contributed by atoms with E-state index in [0.29, 0.717) is 29.8 Å². The van der Waals surface area contributed by atoms with Crippen LogP contribution in [-0.2, 0) is 17.9 Å². The first-order chi connectivity index (χ1) is 10.6. The van der Waals surface area contributed by atoms with Crippen molar-refractivity contribution in [1.82, 2.24) is 15.3 Å². The minimum Gasteiger partial charge on any atom is -0.487 e. The Morgan fingerprint density at radius 1 is 1.45 bits per heavy atom. The van der Waals surface area contributed by atoms with E-state index in [-0.39, 0.29) is 11.7 Å². The summed E-state index contributed by atoms with van der Waals surface area (Å²) in [7, 11) is 0. The lowest BCUT2D eigenvalue weighted by Crippen LogP contribution is -2.18. The van der Waals surface area contributed by atoms with Crippen molar-refractivity contribution in [3.05, 3.63) is 46.3 Å². The first kappa shape index (κ1) is 14.5. The summed E-state index contributed by atoms with van der Waals surface area (Å²) in [6.07, 6.45) is 0. The van der Waals surface area contributed by atoms with Crippen LogP contribution in [0.2, 0.25) is 0 Å². The zero-order valence-electron chi connectivity index (χ0n) is 11.9. The molecule has 2 aromatic heterocycles. The van der Waals surface area contributed by atoms with Crippen molar-refractivity contribution in [2.24, 2.45) is 0 Å². The Labute approximate surface area is 130 Å². The number of aromatic nitrogens is 2. The highest BCUT2D eigenvalue weighted by molar-refractivity contribution is 7.07. The van der Waals surface area contributed by atoms with Crippen LogP contribution in [0.25, 0.3) is 10.9 Å². The number of fused-ring (bicyclic) bond motifs is 1. The molecule has 22 heavy (non-hydrogen) atoms. The largest absolute Gasteiger partial charge is 0.487 e. The highest BCUT2D eigenvalue weighted by Crippen LogP contribution is 2.25. The first-order valence-electron chi connectivity index (χ1n) is 6.67. The van der Waals surface area contributed by atoms with Gasteiger partial charge in [0.25, 0.3) is 0 Å². The van der Waals surface area contributed by atoms with Crippen molar-refractivity contribution >= 4 is 28.1 Å². The number of hydrogen-bond acceptors (Lipinski definition) is 4. The van der Waals surface area contributed by atoms with Crippen LogP contribution in [0.1, 0.15) is 18.3 Å². The van der Waals surface area contributed by atoms with Gasteiger partial charge in [-0.15, -0.1) is 11.3 Å². The molecule has 5 nitrogen and oxygen atoms in total. The summed E-state index contributed by atoms with van der Waals surface area (Å²) in [6, 6.07) is 4.78. The minimum atomic E-state index is -0.365. The molecular weight excluding hydrogens is 305 g/mol. The first-order valence-corrected chi connectivity index (χ1v) is 7.61. The van der Waals surface area contributed by atoms with Gasteiger partial charge in [0.2, 0.25) is 5.91 Å². The Morgan fingerprint density at radius 2 is 2.32 bits per heavy atom. The van der Waals surface area contributed by atoms with Crippen LogP contribution in [0.15, 0.2) is 29.1 Å². The van der Waals surface area contributed by atoms with Gasteiger partial charge >= 0.3 is 0 Å². The number of H-pyrrole nitrogens is 1. The lowest BCUT2D eigenvalue weighted by atomic mass is 10.2. The number of ether oxygens (including phenoxy) is 1. The SMILES string of the molecule is CC(=O)NCc1cc2c(F)cc(OCc3cscn3)cc2[nH]1. The Morgan fingerprint density at radius 3 is 3.05 bits per heavy atom. The fraction of sp³-hybridized carbons (Fsp3) is 0.200. The number of carbonyl (C=O) groups excluding carboxylic acids is 1. The second-order valence-corrected chi connectivity index (χ2v) is 5.56. The number of nitrogens with one attached hydrogen (secondary N) is 2. The molecule has 0 saturated carbocycles. The molecule has 0 unspecified atom stereocenters. The van der Waals surface area contributed by atoms with Gasteiger partial charge in [0.05, 0.1) is 23.3 Å². The highest BCUT2D eigenvalue weighted by Gasteiger charge is 2.09. The molecule has 0 saturated heterocycles. The average molecular weight is 319 g/mol. The van der Waals surface area contributed by atoms with E-state index in [1.165, 1.54) is 24.3 Å². The van der Waals surface area contributed by atoms with Gasteiger partial charge in [-0.05, 0) is 6.07 Å². The third-order valence-corrected chi connectivity index (χ3v) is 3.75. The fourth-order valence-corrected chi connectivity index (χ4v) is 2.63. The maximum atomic E-state index is 14.1. The molecular formula is C15H14FN3O2S. The van der Waals surface area contributed by atoms with Crippen molar-refractivity contribution in [1.29, 1.82) is 0 Å². The molecule has 0 fully saturated rings. The molecule has 0 aliphatic carbocycles. The molecule has 0 aliphatic heterocycles. The van der Waals surface area contributed by atoms with E-state index in [0.717, 1.165) is 11.4 Å². The van der Waals surface area contributed by atoms with E-state index in [2.05, 4.69) is 15.3 Å². The van der Waals surface area contributed by atoms with E-state index < -0.39 is 0 Å². The summed E-state index contributed by atoms with van der Waals surface area (Å²) >= 11 is 1.49. The summed E-state index contributed by atoms with van der Waals surface area (Å²) in [5, 5.41) is 5.03. The lowest BCUT2D eigenvalue weighted by molar-refractivity contribution is -0.119. The van der Waals surface area contributed by atoms with Gasteiger partial charge in [-0.2, -0.15) is 0 Å². The summed E-state index contributed by atoms with van der Waals surface area (Å²) < 4.78 is 19.7. The van der Waals surface area contributed by atoms with Gasteiger partial charge in [-0.25, -0.2) is 9.37 Å². The molecule has 0 spiro atoms. The molecule has 2 N–H and O–H groups in total. The van der Waals surface area contributed by atoms with Crippen molar-refractivity contribution in [2.75, 3.05) is 0 Å². The number of rotatable bonds is 5. The molecule has 0 radical (unpaired) electrons. The van der Waals surface area contributed by atoms with E-state index >= 15 is 0 Å². The number of thiazole rings is 1. The molecule has 0 atom stereocenters. The second-order valence-electron chi connectivity index (χ2n) is 4.84. The van der Waals surface area contributed by atoms with Gasteiger partial charge in [0.15, 0.2) is 0 Å². The highest BCUT2D eigenvalue weighted by atomic mass is 32.1. The molecule has 3 aromatic rings. The van der Waals surface area contributed by atoms with Crippen molar-refractivity contribution < 1.29 is 13.9 Å². The third kappa shape index (κ3) is 3.25. The third-order valence-electron chi connectivity index (χ3n) is 3.11. The monoisotopic (exact) mass is 319 g/mol. The van der Waals surface area contributed by atoms with Crippen LogP contribution in [-0.4, -0.2) is 15.9 Å². The molecule has 7 heteroatoms. The van der Waals surface area contributed by atoms with Crippen molar-refractivity contribution in [3.8, 4) is 5.75 Å². The van der Waals surface area contributed by atoms with Gasteiger partial charge < -0.3 is 15.0 Å². The fourth-order valence-electron chi connectivity index (χ4n) is 2.09. The maximum Gasteiger partial charge on any atom is 0.217 e. The maximum absolute atomic E-state index is 14.1. The van der Waals surface area contributed by atoms with Crippen LogP contribution >= 0.6 is 11.3 Å². The molecule has 3 rings (SSSR count). The summed E-state index contributed by atoms with van der Waals surface area (Å²) in [4.78, 5) is 18.1. The quantitative estimate of drug-likeness (QED) is 0.760. The Bertz CT molecular complexity index is 799. The van der Waals surface area contributed by atoms with Crippen LogP contribution < -0.4 is 10.1 Å². The number of benzene rings is 1.